The van der Waals surface area contributed by atoms with Gasteiger partial charge in [0, 0.05) is 0 Å². The van der Waals surface area contributed by atoms with Crippen LogP contribution >= 0.6 is 0 Å². The van der Waals surface area contributed by atoms with Gasteiger partial charge in [0.1, 0.15) is 11.6 Å². The topological polar surface area (TPSA) is 68.3 Å². The molecule has 4 nitrogen and oxygen atoms in total. The molecule has 24 heavy (non-hydrogen) atoms. The highest BCUT2D eigenvalue weighted by Crippen LogP contribution is 2.16. The van der Waals surface area contributed by atoms with Gasteiger partial charge >= 0.3 is 0 Å². The monoisotopic (exact) mass is 374 g/mol. The quantitative estimate of drug-likeness (QED) is 0.552. The summed E-state index contributed by atoms with van der Waals surface area (Å²) < 4.78 is 73.9. The Morgan fingerprint density at radius 1 is 0.583 bits per heavy atom. The van der Waals surface area contributed by atoms with E-state index in [9.17, 15) is 25.6 Å². The van der Waals surface area contributed by atoms with Gasteiger partial charge < -0.3 is 0 Å². The maximum absolute atomic E-state index is 12.8. The summed E-state index contributed by atoms with van der Waals surface area (Å²) >= 11 is 0. The third-order valence-corrected chi connectivity index (χ3v) is 7.05. The first-order valence-electron chi connectivity index (χ1n) is 7.17. The van der Waals surface area contributed by atoms with Crippen molar-refractivity contribution in [1.29, 1.82) is 0 Å². The van der Waals surface area contributed by atoms with Crippen LogP contribution in [0.5, 0.6) is 0 Å². The van der Waals surface area contributed by atoms with Gasteiger partial charge in [-0.1, -0.05) is 0 Å². The Balaban J connectivity index is 1.92. The van der Waals surface area contributed by atoms with Gasteiger partial charge in [-0.05, 0) is 61.4 Å². The van der Waals surface area contributed by atoms with Crippen LogP contribution in [0.3, 0.4) is 0 Å². The van der Waals surface area contributed by atoms with E-state index in [1.54, 1.807) is 0 Å². The zero-order chi connectivity index (χ0) is 17.8. The van der Waals surface area contributed by atoms with Crippen molar-refractivity contribution in [2.45, 2.75) is 22.6 Å². The average Bonchev–Trinajstić information content (AvgIpc) is 2.52. The third kappa shape index (κ3) is 4.85. The molecule has 0 radical (unpaired) electrons. The van der Waals surface area contributed by atoms with E-state index in [-0.39, 0.29) is 34.1 Å². The summed E-state index contributed by atoms with van der Waals surface area (Å²) in [4.78, 5) is 0.00980. The summed E-state index contributed by atoms with van der Waals surface area (Å²) in [5.74, 6) is -1.51. The smallest absolute Gasteiger partial charge is 0.178 e. The Labute approximate surface area is 140 Å². The molecule has 0 heterocycles. The van der Waals surface area contributed by atoms with Crippen molar-refractivity contribution in [3.8, 4) is 0 Å². The van der Waals surface area contributed by atoms with Crippen molar-refractivity contribution < 1.29 is 25.6 Å². The van der Waals surface area contributed by atoms with Crippen molar-refractivity contribution in [3.63, 3.8) is 0 Å². The van der Waals surface area contributed by atoms with Crippen molar-refractivity contribution in [2.24, 2.45) is 0 Å². The van der Waals surface area contributed by atoms with Gasteiger partial charge in [0.25, 0.3) is 0 Å². The highest BCUT2D eigenvalue weighted by Gasteiger charge is 2.17. The summed E-state index contributed by atoms with van der Waals surface area (Å²) in [6.07, 6.45) is 0.306. The molecule has 0 saturated carbocycles. The fraction of sp³-hybridized carbons (Fsp3) is 0.250. The Hall–Kier alpha value is -1.80. The molecular weight excluding hydrogens is 358 g/mol. The Morgan fingerprint density at radius 3 is 1.17 bits per heavy atom. The number of halogens is 2. The van der Waals surface area contributed by atoms with E-state index in [1.165, 1.54) is 24.3 Å². The largest absolute Gasteiger partial charge is 0.224 e. The molecule has 2 aromatic rings. The fourth-order valence-electron chi connectivity index (χ4n) is 2.10. The van der Waals surface area contributed by atoms with Crippen LogP contribution in [0.1, 0.15) is 12.8 Å². The third-order valence-electron chi connectivity index (χ3n) is 3.42. The minimum absolute atomic E-state index is 0.00490. The Morgan fingerprint density at radius 2 is 0.875 bits per heavy atom. The van der Waals surface area contributed by atoms with Crippen LogP contribution in [0, 0.1) is 11.6 Å². The predicted molar refractivity (Wildman–Crippen MR) is 86.1 cm³/mol. The molecule has 8 heteroatoms. The summed E-state index contributed by atoms with van der Waals surface area (Å²) in [5.41, 5.74) is 0. The van der Waals surface area contributed by atoms with Crippen molar-refractivity contribution in [1.82, 2.24) is 0 Å². The summed E-state index contributed by atoms with van der Waals surface area (Å²) in [7, 11) is -7.15. The van der Waals surface area contributed by atoms with E-state index in [0.29, 0.717) is 0 Å². The lowest BCUT2D eigenvalue weighted by molar-refractivity contribution is 0.584. The minimum Gasteiger partial charge on any atom is -0.224 e. The first kappa shape index (κ1) is 18.5. The molecule has 0 fully saturated rings. The molecule has 2 rings (SSSR count). The van der Waals surface area contributed by atoms with Gasteiger partial charge in [0.05, 0.1) is 21.3 Å². The summed E-state index contributed by atoms with van der Waals surface area (Å²) in [6.45, 7) is 0. The van der Waals surface area contributed by atoms with Crippen LogP contribution < -0.4 is 0 Å². The molecule has 0 atom stereocenters. The number of sulfone groups is 2. The van der Waals surface area contributed by atoms with E-state index in [4.69, 9.17) is 0 Å². The molecule has 0 amide bonds. The molecular formula is C16H16F2O4S2. The van der Waals surface area contributed by atoms with Gasteiger partial charge in [-0.25, -0.2) is 25.6 Å². The molecule has 0 aliphatic rings. The second kappa shape index (κ2) is 7.40. The molecule has 130 valence electrons. The zero-order valence-corrected chi connectivity index (χ0v) is 14.3. The predicted octanol–water partition coefficient (Wildman–Crippen LogP) is 2.99. The maximum atomic E-state index is 12.8. The lowest BCUT2D eigenvalue weighted by atomic mass is 10.3. The molecule has 2 aromatic carbocycles. The van der Waals surface area contributed by atoms with Gasteiger partial charge in [0.15, 0.2) is 19.7 Å². The number of benzene rings is 2. The molecule has 0 unspecified atom stereocenters. The van der Waals surface area contributed by atoms with Crippen molar-refractivity contribution in [3.05, 3.63) is 60.2 Å². The SMILES string of the molecule is O=S(=O)(CCCCS(=O)(=O)c1ccc(F)cc1)c1ccc(F)cc1. The van der Waals surface area contributed by atoms with E-state index in [1.807, 2.05) is 0 Å². The standard InChI is InChI=1S/C16H16F2O4S2/c17-13-3-7-15(8-4-13)23(19,20)11-1-2-12-24(21,22)16-9-5-14(18)6-10-16/h3-10H,1-2,11-12H2. The van der Waals surface area contributed by atoms with E-state index < -0.39 is 31.3 Å². The van der Waals surface area contributed by atoms with Crippen molar-refractivity contribution in [2.75, 3.05) is 11.5 Å². The molecule has 0 saturated heterocycles. The van der Waals surface area contributed by atoms with Crippen LogP contribution in [-0.2, 0) is 19.7 Å². The van der Waals surface area contributed by atoms with E-state index >= 15 is 0 Å². The zero-order valence-electron chi connectivity index (χ0n) is 12.7. The highest BCUT2D eigenvalue weighted by atomic mass is 32.2. The molecule has 0 spiro atoms. The molecule has 0 aliphatic carbocycles. The normalized spacial score (nSPS) is 12.2. The molecule has 0 N–H and O–H groups in total. The summed E-state index contributed by atoms with van der Waals surface area (Å²) in [6, 6.07) is 8.97. The van der Waals surface area contributed by atoms with Gasteiger partial charge in [-0.3, -0.25) is 0 Å². The summed E-state index contributed by atoms with van der Waals surface area (Å²) in [5, 5.41) is 0. The Kier molecular flexibility index (Phi) is 5.71. The maximum Gasteiger partial charge on any atom is 0.178 e. The first-order valence-corrected chi connectivity index (χ1v) is 10.5. The van der Waals surface area contributed by atoms with Gasteiger partial charge in [0.2, 0.25) is 0 Å². The van der Waals surface area contributed by atoms with Gasteiger partial charge in [-0.15, -0.1) is 0 Å². The lowest BCUT2D eigenvalue weighted by Crippen LogP contribution is -2.11. The second-order valence-corrected chi connectivity index (χ2v) is 9.47. The van der Waals surface area contributed by atoms with Crippen LogP contribution in [0.15, 0.2) is 58.3 Å². The number of hydrogen-bond acceptors (Lipinski definition) is 4. The fourth-order valence-corrected chi connectivity index (χ4v) is 4.84. The van der Waals surface area contributed by atoms with Crippen LogP contribution in [-0.4, -0.2) is 28.3 Å². The van der Waals surface area contributed by atoms with Crippen LogP contribution in [0.4, 0.5) is 8.78 Å². The second-order valence-electron chi connectivity index (χ2n) is 5.25. The number of rotatable bonds is 7. The van der Waals surface area contributed by atoms with Crippen LogP contribution in [0.2, 0.25) is 0 Å². The van der Waals surface area contributed by atoms with Crippen LogP contribution in [0.25, 0.3) is 0 Å². The number of hydrogen-bond donors (Lipinski definition) is 0. The first-order chi connectivity index (χ1) is 11.2. The molecule has 0 aromatic heterocycles. The Bertz CT molecular complexity index is 811. The molecule has 0 aliphatic heterocycles. The molecule has 0 bridgehead atoms. The highest BCUT2D eigenvalue weighted by molar-refractivity contribution is 7.91. The number of unbranched alkanes of at least 4 members (excludes halogenated alkanes) is 1. The van der Waals surface area contributed by atoms with Gasteiger partial charge in [-0.2, -0.15) is 0 Å². The van der Waals surface area contributed by atoms with E-state index in [0.717, 1.165) is 24.3 Å². The van der Waals surface area contributed by atoms with Crippen molar-refractivity contribution >= 4 is 19.7 Å². The van der Waals surface area contributed by atoms with E-state index in [2.05, 4.69) is 0 Å². The average molecular weight is 374 g/mol. The minimum atomic E-state index is -3.58. The lowest BCUT2D eigenvalue weighted by Gasteiger charge is -2.06.